The van der Waals surface area contributed by atoms with Gasteiger partial charge in [0.1, 0.15) is 0 Å². The summed E-state index contributed by atoms with van der Waals surface area (Å²) in [5.41, 5.74) is 0.746. The van der Waals surface area contributed by atoms with Gasteiger partial charge in [-0.05, 0) is 111 Å². The van der Waals surface area contributed by atoms with Crippen LogP contribution in [0.5, 0.6) is 0 Å². The van der Waals surface area contributed by atoms with Crippen molar-refractivity contribution in [1.29, 1.82) is 0 Å². The summed E-state index contributed by atoms with van der Waals surface area (Å²) in [6.45, 7) is 12.3. The van der Waals surface area contributed by atoms with Crippen molar-refractivity contribution in [2.24, 2.45) is 46.3 Å². The quantitative estimate of drug-likeness (QED) is 0.610. The summed E-state index contributed by atoms with van der Waals surface area (Å²) < 4.78 is 0. The summed E-state index contributed by atoms with van der Waals surface area (Å²) in [7, 11) is 0. The van der Waals surface area contributed by atoms with E-state index in [9.17, 15) is 5.11 Å². The average Bonchev–Trinajstić information content (AvgIpc) is 2.92. The standard InChI is InChI=1S/C24H42O/c1-6-16(2)19-9-10-20-18-8-7-17-15-22(3,25)13-14-23(17,4)21(18)11-12-24(19,20)5/h16-21,25H,6-15H2,1-5H3/t16-,17+,18+,19-,20+,21+,22+,23+,24-/m1/s1. The SMILES string of the molecule is CC[C@@H](C)[C@H]1CC[C@H]2[C@@H]3CC[C@H]4C[C@@](C)(O)CC[C@]4(C)[C@H]3CC[C@]12C. The van der Waals surface area contributed by atoms with Crippen molar-refractivity contribution in [3.05, 3.63) is 0 Å². The molecule has 0 amide bonds. The first-order valence-corrected chi connectivity index (χ1v) is 11.4. The van der Waals surface area contributed by atoms with Crippen LogP contribution in [0, 0.1) is 46.3 Å². The molecule has 0 aliphatic heterocycles. The van der Waals surface area contributed by atoms with E-state index >= 15 is 0 Å². The van der Waals surface area contributed by atoms with Crippen LogP contribution in [-0.2, 0) is 0 Å². The minimum atomic E-state index is -0.394. The number of hydrogen-bond donors (Lipinski definition) is 1. The number of fused-ring (bicyclic) bond motifs is 5. The van der Waals surface area contributed by atoms with Gasteiger partial charge in [-0.15, -0.1) is 0 Å². The normalized spacial score (nSPS) is 56.6. The molecular formula is C24H42O. The molecule has 1 nitrogen and oxygen atoms in total. The van der Waals surface area contributed by atoms with Gasteiger partial charge in [-0.1, -0.05) is 34.1 Å². The Kier molecular flexibility index (Phi) is 4.38. The summed E-state index contributed by atoms with van der Waals surface area (Å²) in [6, 6.07) is 0. The van der Waals surface area contributed by atoms with Gasteiger partial charge in [0, 0.05) is 0 Å². The van der Waals surface area contributed by atoms with Gasteiger partial charge in [0.05, 0.1) is 5.60 Å². The first-order valence-electron chi connectivity index (χ1n) is 11.4. The first-order chi connectivity index (χ1) is 11.7. The van der Waals surface area contributed by atoms with Crippen LogP contribution in [0.15, 0.2) is 0 Å². The summed E-state index contributed by atoms with van der Waals surface area (Å²) in [5.74, 6) is 5.57. The molecule has 0 aromatic heterocycles. The van der Waals surface area contributed by atoms with Gasteiger partial charge in [0.25, 0.3) is 0 Å². The van der Waals surface area contributed by atoms with Crippen LogP contribution < -0.4 is 0 Å². The third kappa shape index (κ3) is 2.66. The molecule has 0 bridgehead atoms. The largest absolute Gasteiger partial charge is 0.390 e. The van der Waals surface area contributed by atoms with Gasteiger partial charge in [-0.3, -0.25) is 0 Å². The molecule has 25 heavy (non-hydrogen) atoms. The lowest BCUT2D eigenvalue weighted by Crippen LogP contribution is -2.55. The van der Waals surface area contributed by atoms with Crippen LogP contribution >= 0.6 is 0 Å². The van der Waals surface area contributed by atoms with Crippen molar-refractivity contribution in [1.82, 2.24) is 0 Å². The molecule has 0 aromatic carbocycles. The van der Waals surface area contributed by atoms with E-state index in [4.69, 9.17) is 0 Å². The van der Waals surface area contributed by atoms with E-state index < -0.39 is 5.60 Å². The maximum atomic E-state index is 10.6. The molecule has 0 heterocycles. The third-order valence-electron chi connectivity index (χ3n) is 10.4. The predicted octanol–water partition coefficient (Wildman–Crippen LogP) is 6.44. The second-order valence-corrected chi connectivity index (χ2v) is 11.5. The highest BCUT2D eigenvalue weighted by Crippen LogP contribution is 2.68. The van der Waals surface area contributed by atoms with Gasteiger partial charge in [-0.2, -0.15) is 0 Å². The van der Waals surface area contributed by atoms with E-state index in [-0.39, 0.29) is 0 Å². The van der Waals surface area contributed by atoms with E-state index in [1.165, 1.54) is 51.4 Å². The highest BCUT2D eigenvalue weighted by Gasteiger charge is 2.61. The van der Waals surface area contributed by atoms with Gasteiger partial charge in [0.15, 0.2) is 0 Å². The Morgan fingerprint density at radius 3 is 2.32 bits per heavy atom. The Labute approximate surface area is 156 Å². The molecule has 0 spiro atoms. The Morgan fingerprint density at radius 1 is 0.880 bits per heavy atom. The molecule has 4 fully saturated rings. The maximum absolute atomic E-state index is 10.6. The molecule has 0 aromatic rings. The summed E-state index contributed by atoms with van der Waals surface area (Å²) in [6.07, 6.45) is 13.5. The molecule has 1 heteroatoms. The third-order valence-corrected chi connectivity index (χ3v) is 10.4. The van der Waals surface area contributed by atoms with Gasteiger partial charge in [-0.25, -0.2) is 0 Å². The number of rotatable bonds is 2. The highest BCUT2D eigenvalue weighted by atomic mass is 16.3. The second kappa shape index (κ2) is 5.98. The molecule has 4 aliphatic rings. The zero-order chi connectivity index (χ0) is 18.0. The zero-order valence-electron chi connectivity index (χ0n) is 17.5. The van der Waals surface area contributed by atoms with Crippen LogP contribution in [0.1, 0.15) is 98.8 Å². The van der Waals surface area contributed by atoms with Crippen molar-refractivity contribution >= 4 is 0 Å². The first kappa shape index (κ1) is 18.3. The number of hydrogen-bond acceptors (Lipinski definition) is 1. The molecule has 4 aliphatic carbocycles. The molecular weight excluding hydrogens is 304 g/mol. The minimum absolute atomic E-state index is 0.394. The monoisotopic (exact) mass is 346 g/mol. The zero-order valence-corrected chi connectivity index (χ0v) is 17.5. The van der Waals surface area contributed by atoms with Crippen molar-refractivity contribution in [3.63, 3.8) is 0 Å². The average molecular weight is 347 g/mol. The van der Waals surface area contributed by atoms with E-state index in [1.54, 1.807) is 0 Å². The van der Waals surface area contributed by atoms with Crippen molar-refractivity contribution < 1.29 is 5.11 Å². The Hall–Kier alpha value is -0.0400. The molecule has 0 radical (unpaired) electrons. The van der Waals surface area contributed by atoms with Gasteiger partial charge in [0.2, 0.25) is 0 Å². The van der Waals surface area contributed by atoms with E-state index in [1.807, 2.05) is 0 Å². The van der Waals surface area contributed by atoms with E-state index in [0.717, 1.165) is 48.3 Å². The van der Waals surface area contributed by atoms with Gasteiger partial charge < -0.3 is 5.11 Å². The van der Waals surface area contributed by atoms with Crippen LogP contribution in [0.2, 0.25) is 0 Å². The van der Waals surface area contributed by atoms with Crippen molar-refractivity contribution in [3.8, 4) is 0 Å². The topological polar surface area (TPSA) is 20.2 Å². The fraction of sp³-hybridized carbons (Fsp3) is 1.00. The summed E-state index contributed by atoms with van der Waals surface area (Å²) >= 11 is 0. The summed E-state index contributed by atoms with van der Waals surface area (Å²) in [5, 5.41) is 10.6. The molecule has 4 saturated carbocycles. The Morgan fingerprint density at radius 2 is 1.60 bits per heavy atom. The molecule has 0 unspecified atom stereocenters. The lowest BCUT2D eigenvalue weighted by molar-refractivity contribution is -0.147. The van der Waals surface area contributed by atoms with Crippen molar-refractivity contribution in [2.45, 2.75) is 104 Å². The fourth-order valence-electron chi connectivity index (χ4n) is 8.69. The van der Waals surface area contributed by atoms with Crippen LogP contribution in [-0.4, -0.2) is 10.7 Å². The minimum Gasteiger partial charge on any atom is -0.390 e. The Bertz CT molecular complexity index is 510. The van der Waals surface area contributed by atoms with Crippen LogP contribution in [0.4, 0.5) is 0 Å². The fourth-order valence-corrected chi connectivity index (χ4v) is 8.69. The molecule has 0 saturated heterocycles. The molecule has 144 valence electrons. The van der Waals surface area contributed by atoms with E-state index in [0.29, 0.717) is 10.8 Å². The van der Waals surface area contributed by atoms with Crippen LogP contribution in [0.3, 0.4) is 0 Å². The molecule has 1 N–H and O–H groups in total. The predicted molar refractivity (Wildman–Crippen MR) is 105 cm³/mol. The number of aliphatic hydroxyl groups is 1. The maximum Gasteiger partial charge on any atom is 0.0622 e. The lowest BCUT2D eigenvalue weighted by Gasteiger charge is -2.62. The molecule has 4 rings (SSSR count). The lowest BCUT2D eigenvalue weighted by atomic mass is 9.43. The Balaban J connectivity index is 1.58. The van der Waals surface area contributed by atoms with E-state index in [2.05, 4.69) is 34.6 Å². The van der Waals surface area contributed by atoms with Gasteiger partial charge >= 0.3 is 0 Å². The van der Waals surface area contributed by atoms with Crippen LogP contribution in [0.25, 0.3) is 0 Å². The second-order valence-electron chi connectivity index (χ2n) is 11.5. The highest BCUT2D eigenvalue weighted by molar-refractivity contribution is 5.10. The molecule has 9 atom stereocenters. The summed E-state index contributed by atoms with van der Waals surface area (Å²) in [4.78, 5) is 0. The van der Waals surface area contributed by atoms with Crippen molar-refractivity contribution in [2.75, 3.05) is 0 Å². The smallest absolute Gasteiger partial charge is 0.0622 e.